The van der Waals surface area contributed by atoms with Crippen LogP contribution < -0.4 is 10.2 Å². The van der Waals surface area contributed by atoms with Crippen molar-refractivity contribution in [2.24, 2.45) is 5.10 Å². The fourth-order valence-electron chi connectivity index (χ4n) is 2.39. The van der Waals surface area contributed by atoms with Crippen LogP contribution in [0.2, 0.25) is 0 Å². The molecule has 11 heteroatoms. The molecule has 3 rings (SSSR count). The number of halogens is 1. The highest BCUT2D eigenvalue weighted by atomic mass is 79.9. The lowest BCUT2D eigenvalue weighted by atomic mass is 10.2. The summed E-state index contributed by atoms with van der Waals surface area (Å²) in [6.07, 6.45) is 1.40. The monoisotopic (exact) mass is 475 g/mol. The standard InChI is InChI=1S/C19H14BrN3O7/c1-28-18(24)10-29-16-4-2-11(6-14(16)20)9-21-22-19(25)17-8-12-7-13(23(26)27)3-5-15(12)30-17/h2-9H,10H2,1H3,(H,22,25)/b21-9+. The second kappa shape index (κ2) is 9.18. The number of hydrogen-bond acceptors (Lipinski definition) is 8. The Hall–Kier alpha value is -3.73. The van der Waals surface area contributed by atoms with Crippen LogP contribution in [-0.2, 0) is 9.53 Å². The van der Waals surface area contributed by atoms with E-state index in [1.165, 1.54) is 37.6 Å². The fraction of sp³-hybridized carbons (Fsp3) is 0.105. The fourth-order valence-corrected chi connectivity index (χ4v) is 2.90. The number of amides is 1. The van der Waals surface area contributed by atoms with Crippen molar-refractivity contribution in [3.8, 4) is 5.75 Å². The molecule has 0 aliphatic carbocycles. The van der Waals surface area contributed by atoms with Gasteiger partial charge < -0.3 is 13.9 Å². The number of methoxy groups -OCH3 is 1. The van der Waals surface area contributed by atoms with Gasteiger partial charge in [-0.05, 0) is 51.8 Å². The third kappa shape index (κ3) is 5.00. The minimum Gasteiger partial charge on any atom is -0.481 e. The molecule has 1 heterocycles. The Kier molecular flexibility index (Phi) is 6.42. The van der Waals surface area contributed by atoms with Gasteiger partial charge in [0.25, 0.3) is 5.69 Å². The number of carbonyl (C=O) groups excluding carboxylic acids is 2. The third-order valence-corrected chi connectivity index (χ3v) is 4.46. The Balaban J connectivity index is 1.64. The number of ether oxygens (including phenoxy) is 2. The summed E-state index contributed by atoms with van der Waals surface area (Å²) in [5.74, 6) is -0.703. The number of nitro groups is 1. The van der Waals surface area contributed by atoms with E-state index in [2.05, 4.69) is 31.2 Å². The maximum Gasteiger partial charge on any atom is 0.343 e. The smallest absolute Gasteiger partial charge is 0.343 e. The van der Waals surface area contributed by atoms with Gasteiger partial charge in [-0.3, -0.25) is 14.9 Å². The molecule has 0 atom stereocenters. The van der Waals surface area contributed by atoms with E-state index >= 15 is 0 Å². The normalized spacial score (nSPS) is 10.9. The average molecular weight is 476 g/mol. The first-order valence-electron chi connectivity index (χ1n) is 8.38. The molecule has 154 valence electrons. The number of nitro benzene ring substituents is 1. The van der Waals surface area contributed by atoms with Crippen LogP contribution in [0, 0.1) is 10.1 Å². The first kappa shape index (κ1) is 21.0. The zero-order valence-corrected chi connectivity index (χ0v) is 17.0. The van der Waals surface area contributed by atoms with Gasteiger partial charge in [-0.15, -0.1) is 0 Å². The molecular weight excluding hydrogens is 462 g/mol. The van der Waals surface area contributed by atoms with Gasteiger partial charge in [0.15, 0.2) is 12.4 Å². The summed E-state index contributed by atoms with van der Waals surface area (Å²) in [7, 11) is 1.27. The predicted octanol–water partition coefficient (Wildman–Crippen LogP) is 3.42. The van der Waals surface area contributed by atoms with Crippen LogP contribution in [0.4, 0.5) is 5.69 Å². The van der Waals surface area contributed by atoms with Crippen LogP contribution in [-0.4, -0.2) is 36.7 Å². The third-order valence-electron chi connectivity index (χ3n) is 3.84. The maximum absolute atomic E-state index is 12.2. The molecule has 1 N–H and O–H groups in total. The minimum atomic E-state index is -0.609. The van der Waals surface area contributed by atoms with Crippen molar-refractivity contribution >= 4 is 50.7 Å². The van der Waals surface area contributed by atoms with Crippen molar-refractivity contribution in [1.29, 1.82) is 0 Å². The van der Waals surface area contributed by atoms with Crippen LogP contribution in [0.3, 0.4) is 0 Å². The van der Waals surface area contributed by atoms with Crippen molar-refractivity contribution in [3.05, 3.63) is 68.4 Å². The van der Waals surface area contributed by atoms with Crippen LogP contribution in [0.25, 0.3) is 11.0 Å². The van der Waals surface area contributed by atoms with Crippen molar-refractivity contribution in [2.45, 2.75) is 0 Å². The summed E-state index contributed by atoms with van der Waals surface area (Å²) in [6, 6.07) is 10.4. The molecule has 1 aromatic heterocycles. The molecule has 3 aromatic rings. The molecule has 0 aliphatic heterocycles. The lowest BCUT2D eigenvalue weighted by Gasteiger charge is -2.07. The number of hydrazone groups is 1. The minimum absolute atomic E-state index is 0.0320. The molecule has 0 saturated carbocycles. The number of non-ortho nitro benzene ring substituents is 1. The Bertz CT molecular complexity index is 1160. The van der Waals surface area contributed by atoms with Crippen LogP contribution in [0.15, 0.2) is 56.5 Å². The van der Waals surface area contributed by atoms with Gasteiger partial charge in [0.1, 0.15) is 11.3 Å². The van der Waals surface area contributed by atoms with E-state index in [1.807, 2.05) is 0 Å². The van der Waals surface area contributed by atoms with E-state index in [0.717, 1.165) is 0 Å². The van der Waals surface area contributed by atoms with E-state index < -0.39 is 16.8 Å². The van der Waals surface area contributed by atoms with Crippen molar-refractivity contribution < 1.29 is 28.4 Å². The van der Waals surface area contributed by atoms with Crippen molar-refractivity contribution in [2.75, 3.05) is 13.7 Å². The average Bonchev–Trinajstić information content (AvgIpc) is 3.16. The zero-order chi connectivity index (χ0) is 21.7. The molecule has 2 aromatic carbocycles. The van der Waals surface area contributed by atoms with Crippen LogP contribution >= 0.6 is 15.9 Å². The number of nitrogens with one attached hydrogen (secondary N) is 1. The number of esters is 1. The zero-order valence-electron chi connectivity index (χ0n) is 15.5. The second-order valence-corrected chi connectivity index (χ2v) is 6.70. The molecule has 0 radical (unpaired) electrons. The second-order valence-electron chi connectivity index (χ2n) is 5.84. The van der Waals surface area contributed by atoms with E-state index in [1.54, 1.807) is 18.2 Å². The molecule has 0 saturated heterocycles. The van der Waals surface area contributed by atoms with Gasteiger partial charge in [-0.25, -0.2) is 10.2 Å². The molecule has 0 bridgehead atoms. The molecule has 0 aliphatic rings. The quantitative estimate of drug-likeness (QED) is 0.239. The number of benzene rings is 2. The van der Waals surface area contributed by atoms with Gasteiger partial charge in [0.05, 0.1) is 22.7 Å². The highest BCUT2D eigenvalue weighted by Gasteiger charge is 2.14. The topological polar surface area (TPSA) is 133 Å². The first-order chi connectivity index (χ1) is 14.4. The molecule has 0 unspecified atom stereocenters. The highest BCUT2D eigenvalue weighted by molar-refractivity contribution is 9.10. The number of rotatable bonds is 7. The van der Waals surface area contributed by atoms with Crippen molar-refractivity contribution in [3.63, 3.8) is 0 Å². The van der Waals surface area contributed by atoms with E-state index in [9.17, 15) is 19.7 Å². The summed E-state index contributed by atoms with van der Waals surface area (Å²) >= 11 is 3.32. The largest absolute Gasteiger partial charge is 0.481 e. The summed E-state index contributed by atoms with van der Waals surface area (Å²) in [5.41, 5.74) is 3.22. The van der Waals surface area contributed by atoms with Gasteiger partial charge in [0, 0.05) is 17.5 Å². The maximum atomic E-state index is 12.2. The van der Waals surface area contributed by atoms with Crippen LogP contribution in [0.5, 0.6) is 5.75 Å². The number of furan rings is 1. The predicted molar refractivity (Wildman–Crippen MR) is 110 cm³/mol. The van der Waals surface area contributed by atoms with Gasteiger partial charge in [0.2, 0.25) is 0 Å². The van der Waals surface area contributed by atoms with Gasteiger partial charge >= 0.3 is 11.9 Å². The Labute approximate surface area is 177 Å². The Morgan fingerprint density at radius 2 is 2.07 bits per heavy atom. The van der Waals surface area contributed by atoms with Crippen LogP contribution in [0.1, 0.15) is 16.1 Å². The summed E-state index contributed by atoms with van der Waals surface area (Å²) in [6.45, 7) is -0.223. The SMILES string of the molecule is COC(=O)COc1ccc(/C=N/NC(=O)c2cc3cc([N+](=O)[O-])ccc3o2)cc1Br. The molecule has 0 spiro atoms. The summed E-state index contributed by atoms with van der Waals surface area (Å²) in [5, 5.41) is 15.1. The van der Waals surface area contributed by atoms with Gasteiger partial charge in [-0.1, -0.05) is 0 Å². The number of hydrogen-bond donors (Lipinski definition) is 1. The number of fused-ring (bicyclic) bond motifs is 1. The molecular formula is C19H14BrN3O7. The first-order valence-corrected chi connectivity index (χ1v) is 9.17. The Morgan fingerprint density at radius 1 is 1.27 bits per heavy atom. The van der Waals surface area contributed by atoms with E-state index in [4.69, 9.17) is 9.15 Å². The highest BCUT2D eigenvalue weighted by Crippen LogP contribution is 2.26. The Morgan fingerprint density at radius 3 is 2.77 bits per heavy atom. The van der Waals surface area contributed by atoms with Crippen molar-refractivity contribution in [1.82, 2.24) is 5.43 Å². The molecule has 1 amide bonds. The van der Waals surface area contributed by atoms with E-state index in [-0.39, 0.29) is 18.1 Å². The molecule has 0 fully saturated rings. The lowest BCUT2D eigenvalue weighted by Crippen LogP contribution is -2.16. The molecule has 30 heavy (non-hydrogen) atoms. The molecule has 10 nitrogen and oxygen atoms in total. The lowest BCUT2D eigenvalue weighted by molar-refractivity contribution is -0.384. The number of nitrogens with zero attached hydrogens (tertiary/aromatic N) is 2. The number of carbonyl (C=O) groups is 2. The summed E-state index contributed by atoms with van der Waals surface area (Å²) < 4.78 is 15.8. The van der Waals surface area contributed by atoms with E-state index in [0.29, 0.717) is 26.8 Å². The van der Waals surface area contributed by atoms with Gasteiger partial charge in [-0.2, -0.15) is 5.10 Å². The summed E-state index contributed by atoms with van der Waals surface area (Å²) in [4.78, 5) is 33.6.